The number of rotatable bonds is 7. The molecular weight excluding hydrogens is 421 g/mol. The van der Waals surface area contributed by atoms with Crippen LogP contribution < -0.4 is 16.0 Å². The van der Waals surface area contributed by atoms with Crippen molar-refractivity contribution in [2.75, 3.05) is 6.54 Å². The molecule has 0 radical (unpaired) electrons. The lowest BCUT2D eigenvalue weighted by Gasteiger charge is -2.11. The van der Waals surface area contributed by atoms with Crippen LogP contribution in [-0.2, 0) is 16.0 Å². The van der Waals surface area contributed by atoms with Crippen LogP contribution in [0.25, 0.3) is 0 Å². The Kier molecular flexibility index (Phi) is 8.81. The van der Waals surface area contributed by atoms with Crippen LogP contribution in [0.2, 0.25) is 10.0 Å². The molecule has 0 saturated carbocycles. The van der Waals surface area contributed by atoms with E-state index in [0.29, 0.717) is 33.9 Å². The monoisotopic (exact) mass is 435 g/mol. The Morgan fingerprint density at radius 3 is 2.54 bits per heavy atom. The topological polar surface area (TPSA) is 87.3 Å². The summed E-state index contributed by atoms with van der Waals surface area (Å²) >= 11 is 14.9. The molecule has 0 aliphatic heterocycles. The van der Waals surface area contributed by atoms with Gasteiger partial charge < -0.3 is 10.6 Å². The van der Waals surface area contributed by atoms with Gasteiger partial charge >= 0.3 is 6.03 Å². The van der Waals surface area contributed by atoms with Gasteiger partial charge in [0.15, 0.2) is 0 Å². The molecule has 130 valence electrons. The molecule has 0 aliphatic carbocycles. The highest BCUT2D eigenvalue weighted by molar-refractivity contribution is 9.11. The molecule has 0 fully saturated rings. The van der Waals surface area contributed by atoms with Crippen molar-refractivity contribution >= 4 is 57.5 Å². The number of carbonyl (C=O) groups excluding carboxylic acids is 3. The Hall–Kier alpha value is -1.57. The highest BCUT2D eigenvalue weighted by Gasteiger charge is 2.14. The Morgan fingerprint density at radius 1 is 1.25 bits per heavy atom. The number of carbonyl (C=O) groups is 3. The van der Waals surface area contributed by atoms with Crippen molar-refractivity contribution in [2.45, 2.75) is 19.8 Å². The molecule has 0 atom stereocenters. The molecular formula is C15H16BrCl2N3O3. The first kappa shape index (κ1) is 20.5. The van der Waals surface area contributed by atoms with Gasteiger partial charge in [-0.05, 0) is 37.5 Å². The molecule has 0 saturated heterocycles. The van der Waals surface area contributed by atoms with Crippen LogP contribution in [0.4, 0.5) is 4.79 Å². The van der Waals surface area contributed by atoms with E-state index < -0.39 is 11.9 Å². The van der Waals surface area contributed by atoms with E-state index in [9.17, 15) is 14.4 Å². The van der Waals surface area contributed by atoms with Crippen molar-refractivity contribution in [1.29, 1.82) is 0 Å². The number of hydrogen-bond acceptors (Lipinski definition) is 3. The molecule has 0 spiro atoms. The van der Waals surface area contributed by atoms with E-state index in [1.54, 1.807) is 19.1 Å². The maximum absolute atomic E-state index is 12.1. The van der Waals surface area contributed by atoms with Gasteiger partial charge in [0.25, 0.3) is 5.91 Å². The van der Waals surface area contributed by atoms with Crippen molar-refractivity contribution in [1.82, 2.24) is 16.0 Å². The van der Waals surface area contributed by atoms with Gasteiger partial charge in [0.2, 0.25) is 6.41 Å². The molecule has 0 aromatic heterocycles. The number of hydrogen-bond donors (Lipinski definition) is 3. The van der Waals surface area contributed by atoms with Gasteiger partial charge in [-0.25, -0.2) is 4.79 Å². The maximum Gasteiger partial charge on any atom is 0.325 e. The van der Waals surface area contributed by atoms with Gasteiger partial charge in [-0.3, -0.25) is 14.9 Å². The van der Waals surface area contributed by atoms with E-state index in [-0.39, 0.29) is 12.1 Å². The lowest BCUT2D eigenvalue weighted by molar-refractivity contribution is -0.118. The van der Waals surface area contributed by atoms with E-state index in [1.807, 2.05) is 11.4 Å². The molecule has 1 rings (SSSR count). The number of benzene rings is 1. The first-order valence-corrected chi connectivity index (χ1v) is 8.49. The Balaban J connectivity index is 2.48. The summed E-state index contributed by atoms with van der Waals surface area (Å²) in [5.41, 5.74) is 1.04. The number of imide groups is 1. The minimum absolute atomic E-state index is 0.0314. The highest BCUT2D eigenvalue weighted by atomic mass is 79.9. The standard InChI is InChI=1S/C15H16BrCl2N3O3/c1-9(16)13(21-15(24)20-8-22)14(23)19-6-2-3-10-4-5-11(17)12(18)7-10/h4-5,7-8H,2-3,6H2,1H3,(H,19,23)(H2,20,21,22,24)/b13-9+. The first-order valence-electron chi connectivity index (χ1n) is 6.94. The fourth-order valence-corrected chi connectivity index (χ4v) is 2.38. The normalized spacial score (nSPS) is 11.3. The van der Waals surface area contributed by atoms with Crippen molar-refractivity contribution in [3.63, 3.8) is 0 Å². The minimum Gasteiger partial charge on any atom is -0.351 e. The number of aryl methyl sites for hydroxylation is 1. The zero-order chi connectivity index (χ0) is 18.1. The van der Waals surface area contributed by atoms with Gasteiger partial charge in [0.1, 0.15) is 5.70 Å². The van der Waals surface area contributed by atoms with Crippen molar-refractivity contribution in [2.24, 2.45) is 0 Å². The fraction of sp³-hybridized carbons (Fsp3) is 0.267. The summed E-state index contributed by atoms with van der Waals surface area (Å²) in [7, 11) is 0. The molecule has 1 aromatic carbocycles. The van der Waals surface area contributed by atoms with Gasteiger partial charge in [-0.2, -0.15) is 0 Å². The van der Waals surface area contributed by atoms with Gasteiger partial charge in [-0.1, -0.05) is 45.2 Å². The summed E-state index contributed by atoms with van der Waals surface area (Å²) in [6.45, 7) is 2.01. The summed E-state index contributed by atoms with van der Waals surface area (Å²) in [5.74, 6) is -0.459. The molecule has 0 unspecified atom stereocenters. The zero-order valence-corrected chi connectivity index (χ0v) is 15.9. The smallest absolute Gasteiger partial charge is 0.325 e. The van der Waals surface area contributed by atoms with Crippen molar-refractivity contribution in [3.05, 3.63) is 44.0 Å². The summed E-state index contributed by atoms with van der Waals surface area (Å²) in [4.78, 5) is 33.6. The number of allylic oxidation sites excluding steroid dienone is 1. The SMILES string of the molecule is C/C(Br)=C(\NC(=O)NC=O)C(=O)NCCCc1ccc(Cl)c(Cl)c1. The quantitative estimate of drug-likeness (QED) is 0.348. The van der Waals surface area contributed by atoms with Crippen LogP contribution in [0.1, 0.15) is 18.9 Å². The molecule has 1 aromatic rings. The van der Waals surface area contributed by atoms with Crippen molar-refractivity contribution in [3.8, 4) is 0 Å². The number of urea groups is 1. The van der Waals surface area contributed by atoms with Crippen LogP contribution in [-0.4, -0.2) is 24.9 Å². The second-order valence-electron chi connectivity index (χ2n) is 4.73. The van der Waals surface area contributed by atoms with Crippen LogP contribution in [0.15, 0.2) is 28.4 Å². The minimum atomic E-state index is -0.787. The second-order valence-corrected chi connectivity index (χ2v) is 6.74. The van der Waals surface area contributed by atoms with Crippen LogP contribution in [0.5, 0.6) is 0 Å². The van der Waals surface area contributed by atoms with Crippen molar-refractivity contribution < 1.29 is 14.4 Å². The van der Waals surface area contributed by atoms with Gasteiger partial charge in [-0.15, -0.1) is 0 Å². The van der Waals surface area contributed by atoms with E-state index >= 15 is 0 Å². The molecule has 0 heterocycles. The van der Waals surface area contributed by atoms with Crippen LogP contribution in [0, 0.1) is 0 Å². The van der Waals surface area contributed by atoms with E-state index in [1.165, 1.54) is 0 Å². The molecule has 6 nitrogen and oxygen atoms in total. The Bertz CT molecular complexity index is 661. The third kappa shape index (κ3) is 6.90. The lowest BCUT2D eigenvalue weighted by Crippen LogP contribution is -2.40. The van der Waals surface area contributed by atoms with E-state index in [4.69, 9.17) is 23.2 Å². The first-order chi connectivity index (χ1) is 11.3. The zero-order valence-electron chi connectivity index (χ0n) is 12.8. The summed E-state index contributed by atoms with van der Waals surface area (Å²) in [5, 5.41) is 7.87. The van der Waals surface area contributed by atoms with Gasteiger partial charge in [0, 0.05) is 11.0 Å². The third-order valence-electron chi connectivity index (χ3n) is 2.91. The van der Waals surface area contributed by atoms with E-state index in [2.05, 4.69) is 26.6 Å². The molecule has 9 heteroatoms. The largest absolute Gasteiger partial charge is 0.351 e. The van der Waals surface area contributed by atoms with E-state index in [0.717, 1.165) is 5.56 Å². The molecule has 0 aliphatic rings. The molecule has 3 N–H and O–H groups in total. The lowest BCUT2D eigenvalue weighted by atomic mass is 10.1. The Labute approximate surface area is 158 Å². The predicted molar refractivity (Wildman–Crippen MR) is 97.2 cm³/mol. The Morgan fingerprint density at radius 2 is 1.96 bits per heavy atom. The second kappa shape index (κ2) is 10.3. The number of nitrogens with one attached hydrogen (secondary N) is 3. The van der Waals surface area contributed by atoms with Crippen LogP contribution >= 0.6 is 39.1 Å². The van der Waals surface area contributed by atoms with Crippen LogP contribution in [0.3, 0.4) is 0 Å². The average molecular weight is 437 g/mol. The molecule has 0 bridgehead atoms. The third-order valence-corrected chi connectivity index (χ3v) is 4.05. The summed E-state index contributed by atoms with van der Waals surface area (Å²) < 4.78 is 0.436. The molecule has 24 heavy (non-hydrogen) atoms. The maximum atomic E-state index is 12.1. The molecule has 4 amide bonds. The summed E-state index contributed by atoms with van der Waals surface area (Å²) in [6.07, 6.45) is 1.62. The highest BCUT2D eigenvalue weighted by Crippen LogP contribution is 2.23. The summed E-state index contributed by atoms with van der Waals surface area (Å²) in [6, 6.07) is 4.59. The average Bonchev–Trinajstić information content (AvgIpc) is 2.52. The number of amides is 4. The predicted octanol–water partition coefficient (Wildman–Crippen LogP) is 3.12. The fourth-order valence-electron chi connectivity index (χ4n) is 1.78. The number of halogens is 3. The van der Waals surface area contributed by atoms with Gasteiger partial charge in [0.05, 0.1) is 10.0 Å².